The molecule has 0 saturated carbocycles. The number of rotatable bonds is 8. The number of carbonyl (C=O) groups excluding carboxylic acids is 1. The molecular formula is C21H24N4O2S. The third-order valence-electron chi connectivity index (χ3n) is 4.29. The fraction of sp³-hybridized carbons (Fsp3) is 0.286. The lowest BCUT2D eigenvalue weighted by Gasteiger charge is -2.14. The molecule has 6 nitrogen and oxygen atoms in total. The van der Waals surface area contributed by atoms with Crippen LogP contribution in [-0.2, 0) is 18.3 Å². The molecule has 1 aromatic heterocycles. The number of amides is 1. The van der Waals surface area contributed by atoms with Crippen molar-refractivity contribution in [3.05, 3.63) is 66.0 Å². The molecule has 0 saturated heterocycles. The van der Waals surface area contributed by atoms with Gasteiger partial charge in [0.25, 0.3) is 0 Å². The summed E-state index contributed by atoms with van der Waals surface area (Å²) in [7, 11) is 1.88. The van der Waals surface area contributed by atoms with Crippen molar-refractivity contribution in [3.63, 3.8) is 0 Å². The van der Waals surface area contributed by atoms with E-state index in [1.165, 1.54) is 11.8 Å². The Balaban J connectivity index is 1.59. The molecule has 3 rings (SSSR count). The molecule has 0 unspecified atom stereocenters. The van der Waals surface area contributed by atoms with Crippen molar-refractivity contribution in [2.24, 2.45) is 7.05 Å². The molecule has 0 aliphatic rings. The maximum atomic E-state index is 12.3. The number of aryl methyl sites for hydroxylation is 1. The molecule has 0 aliphatic heterocycles. The van der Waals surface area contributed by atoms with E-state index in [1.54, 1.807) is 0 Å². The second kappa shape index (κ2) is 9.41. The van der Waals surface area contributed by atoms with E-state index in [1.807, 2.05) is 73.1 Å². The van der Waals surface area contributed by atoms with Gasteiger partial charge in [0.1, 0.15) is 5.75 Å². The fourth-order valence-corrected chi connectivity index (χ4v) is 3.55. The molecule has 146 valence electrons. The Bertz CT molecular complexity index is 927. The maximum absolute atomic E-state index is 12.3. The molecule has 0 spiro atoms. The normalized spacial score (nSPS) is 11.8. The molecule has 1 N–H and O–H groups in total. The quantitative estimate of drug-likeness (QED) is 0.577. The zero-order valence-electron chi connectivity index (χ0n) is 16.3. The van der Waals surface area contributed by atoms with Crippen molar-refractivity contribution < 1.29 is 9.53 Å². The minimum atomic E-state index is -0.250. The Morgan fingerprint density at radius 2 is 1.86 bits per heavy atom. The topological polar surface area (TPSA) is 69.0 Å². The van der Waals surface area contributed by atoms with Crippen LogP contribution in [0.4, 0.5) is 5.69 Å². The van der Waals surface area contributed by atoms with Crippen molar-refractivity contribution in [1.29, 1.82) is 0 Å². The van der Waals surface area contributed by atoms with Crippen LogP contribution in [-0.4, -0.2) is 26.4 Å². The lowest BCUT2D eigenvalue weighted by Crippen LogP contribution is -2.16. The lowest BCUT2D eigenvalue weighted by atomic mass is 10.1. The molecular weight excluding hydrogens is 372 g/mol. The number of hydrogen-bond donors (Lipinski definition) is 1. The number of anilines is 1. The second-order valence-electron chi connectivity index (χ2n) is 6.32. The highest BCUT2D eigenvalue weighted by atomic mass is 32.2. The number of ether oxygens (including phenoxy) is 1. The van der Waals surface area contributed by atoms with Gasteiger partial charge in [0, 0.05) is 12.7 Å². The number of thioether (sulfide) groups is 1. The second-order valence-corrected chi connectivity index (χ2v) is 7.26. The van der Waals surface area contributed by atoms with Crippen LogP contribution in [0.2, 0.25) is 0 Å². The van der Waals surface area contributed by atoms with Gasteiger partial charge in [-0.15, -0.1) is 10.2 Å². The minimum absolute atomic E-state index is 0.0657. The van der Waals surface area contributed by atoms with Gasteiger partial charge in [-0.2, -0.15) is 0 Å². The van der Waals surface area contributed by atoms with Gasteiger partial charge in [0.05, 0.1) is 5.75 Å². The summed E-state index contributed by atoms with van der Waals surface area (Å²) in [5.74, 6) is 1.69. The van der Waals surface area contributed by atoms with E-state index < -0.39 is 0 Å². The summed E-state index contributed by atoms with van der Waals surface area (Å²) in [5, 5.41) is 12.1. The molecule has 1 atom stereocenters. The van der Waals surface area contributed by atoms with Gasteiger partial charge >= 0.3 is 0 Å². The Kier molecular flexibility index (Phi) is 6.71. The molecule has 2 aromatic carbocycles. The molecule has 1 heterocycles. The number of nitrogens with one attached hydrogen (secondary N) is 1. The largest absolute Gasteiger partial charge is 0.483 e. The van der Waals surface area contributed by atoms with Gasteiger partial charge < -0.3 is 14.6 Å². The molecule has 7 heteroatoms. The highest BCUT2D eigenvalue weighted by molar-refractivity contribution is 7.99. The summed E-state index contributed by atoms with van der Waals surface area (Å²) in [5.41, 5.74) is 1.98. The number of aromatic nitrogens is 3. The maximum Gasteiger partial charge on any atom is 0.234 e. The van der Waals surface area contributed by atoms with Crippen LogP contribution in [0.1, 0.15) is 31.3 Å². The van der Waals surface area contributed by atoms with Crippen LogP contribution in [0.25, 0.3) is 0 Å². The van der Waals surface area contributed by atoms with E-state index >= 15 is 0 Å². The van der Waals surface area contributed by atoms with Crippen LogP contribution in [0.15, 0.2) is 59.8 Å². The standard InChI is InChI=1S/C21H24N4O2S/c1-4-16-10-8-9-13-18(16)22-19(26)14-28-21-24-23-20(25(21)3)15(2)27-17-11-6-5-7-12-17/h5-13,15H,4,14H2,1-3H3,(H,22,26)/t15-/m0/s1. The zero-order valence-corrected chi connectivity index (χ0v) is 17.1. The molecule has 0 fully saturated rings. The summed E-state index contributed by atoms with van der Waals surface area (Å²) in [4.78, 5) is 12.3. The third-order valence-corrected chi connectivity index (χ3v) is 5.31. The van der Waals surface area contributed by atoms with Crippen molar-refractivity contribution in [3.8, 4) is 5.75 Å². The first-order chi connectivity index (χ1) is 13.6. The monoisotopic (exact) mass is 396 g/mol. The number of hydrogen-bond acceptors (Lipinski definition) is 5. The first-order valence-electron chi connectivity index (χ1n) is 9.20. The summed E-state index contributed by atoms with van der Waals surface area (Å²) in [6.07, 6.45) is 0.620. The lowest BCUT2D eigenvalue weighted by molar-refractivity contribution is -0.113. The smallest absolute Gasteiger partial charge is 0.234 e. The van der Waals surface area contributed by atoms with E-state index in [2.05, 4.69) is 22.4 Å². The SMILES string of the molecule is CCc1ccccc1NC(=O)CSc1nnc([C@H](C)Oc2ccccc2)n1C. The van der Waals surface area contributed by atoms with E-state index in [4.69, 9.17) is 4.74 Å². The number of para-hydroxylation sites is 2. The van der Waals surface area contributed by atoms with E-state index in [0.29, 0.717) is 11.0 Å². The van der Waals surface area contributed by atoms with Gasteiger partial charge in [0.15, 0.2) is 17.1 Å². The summed E-state index contributed by atoms with van der Waals surface area (Å²) in [6, 6.07) is 17.4. The first-order valence-corrected chi connectivity index (χ1v) is 10.2. The van der Waals surface area contributed by atoms with Crippen LogP contribution < -0.4 is 10.1 Å². The molecule has 28 heavy (non-hydrogen) atoms. The highest BCUT2D eigenvalue weighted by Gasteiger charge is 2.18. The van der Waals surface area contributed by atoms with E-state index in [9.17, 15) is 4.79 Å². The van der Waals surface area contributed by atoms with Gasteiger partial charge in [-0.25, -0.2) is 0 Å². The Morgan fingerprint density at radius 1 is 1.14 bits per heavy atom. The number of benzene rings is 2. The van der Waals surface area contributed by atoms with Crippen LogP contribution in [0, 0.1) is 0 Å². The van der Waals surface area contributed by atoms with Crippen molar-refractivity contribution in [2.45, 2.75) is 31.5 Å². The predicted octanol–water partition coefficient (Wildman–Crippen LogP) is 4.25. The van der Waals surface area contributed by atoms with Crippen molar-refractivity contribution in [2.75, 3.05) is 11.1 Å². The first kappa shape index (κ1) is 19.9. The average Bonchev–Trinajstić information content (AvgIpc) is 3.08. The minimum Gasteiger partial charge on any atom is -0.483 e. The van der Waals surface area contributed by atoms with E-state index in [0.717, 1.165) is 23.4 Å². The van der Waals surface area contributed by atoms with Crippen molar-refractivity contribution >= 4 is 23.4 Å². The fourth-order valence-electron chi connectivity index (χ4n) is 2.83. The van der Waals surface area contributed by atoms with Crippen molar-refractivity contribution in [1.82, 2.24) is 14.8 Å². The molecule has 0 bridgehead atoms. The molecule has 1 amide bonds. The molecule has 0 radical (unpaired) electrons. The van der Waals surface area contributed by atoms with Crippen LogP contribution in [0.3, 0.4) is 0 Å². The third kappa shape index (κ3) is 4.92. The van der Waals surface area contributed by atoms with Gasteiger partial charge in [-0.3, -0.25) is 4.79 Å². The van der Waals surface area contributed by atoms with Crippen LogP contribution >= 0.6 is 11.8 Å². The summed E-state index contributed by atoms with van der Waals surface area (Å²) >= 11 is 1.35. The summed E-state index contributed by atoms with van der Waals surface area (Å²) < 4.78 is 7.78. The highest BCUT2D eigenvalue weighted by Crippen LogP contribution is 2.24. The summed E-state index contributed by atoms with van der Waals surface area (Å²) in [6.45, 7) is 4.00. The Hall–Kier alpha value is -2.80. The predicted molar refractivity (Wildman–Crippen MR) is 112 cm³/mol. The van der Waals surface area contributed by atoms with E-state index in [-0.39, 0.29) is 17.8 Å². The zero-order chi connectivity index (χ0) is 19.9. The van der Waals surface area contributed by atoms with Crippen LogP contribution in [0.5, 0.6) is 5.75 Å². The molecule has 0 aliphatic carbocycles. The number of carbonyl (C=O) groups is 1. The van der Waals surface area contributed by atoms with Gasteiger partial charge in [0.2, 0.25) is 5.91 Å². The Morgan fingerprint density at radius 3 is 2.61 bits per heavy atom. The average molecular weight is 397 g/mol. The Labute approximate surface area is 169 Å². The molecule has 3 aromatic rings. The van der Waals surface area contributed by atoms with Gasteiger partial charge in [-0.1, -0.05) is 55.1 Å². The van der Waals surface area contributed by atoms with Gasteiger partial charge in [-0.05, 0) is 37.1 Å². The number of nitrogens with zero attached hydrogens (tertiary/aromatic N) is 3.